The lowest BCUT2D eigenvalue weighted by atomic mass is 10.2. The molecule has 0 aliphatic carbocycles. The van der Waals surface area contributed by atoms with Crippen LogP contribution in [-0.4, -0.2) is 44.7 Å². The predicted molar refractivity (Wildman–Crippen MR) is 97.3 cm³/mol. The Morgan fingerprint density at radius 2 is 1.91 bits per heavy atom. The van der Waals surface area contributed by atoms with Crippen LogP contribution in [0.2, 0.25) is 0 Å². The highest BCUT2D eigenvalue weighted by Crippen LogP contribution is 2.24. The van der Waals surface area contributed by atoms with Crippen LogP contribution >= 0.6 is 11.8 Å². The van der Waals surface area contributed by atoms with Crippen molar-refractivity contribution in [3.8, 4) is 0 Å². The van der Waals surface area contributed by atoms with Gasteiger partial charge in [0.1, 0.15) is 0 Å². The van der Waals surface area contributed by atoms with Gasteiger partial charge in [0.15, 0.2) is 5.17 Å². The van der Waals surface area contributed by atoms with Crippen LogP contribution in [0.5, 0.6) is 0 Å². The second kappa shape index (κ2) is 7.99. The molecule has 0 saturated heterocycles. The fraction of sp³-hybridized carbons (Fsp3) is 0.438. The summed E-state index contributed by atoms with van der Waals surface area (Å²) in [5.41, 5.74) is 1.03. The second-order valence-corrected chi connectivity index (χ2v) is 8.10. The van der Waals surface area contributed by atoms with Crippen LogP contribution in [0, 0.1) is 6.92 Å². The first-order valence-corrected chi connectivity index (χ1v) is 9.97. The number of nitrogens with zero attached hydrogens (tertiary/aromatic N) is 2. The van der Waals surface area contributed by atoms with Gasteiger partial charge in [-0.15, -0.1) is 0 Å². The van der Waals surface area contributed by atoms with Gasteiger partial charge in [-0.1, -0.05) is 49.4 Å². The molecule has 1 N–H and O–H groups in total. The van der Waals surface area contributed by atoms with Gasteiger partial charge in [-0.25, -0.2) is 8.42 Å². The number of likely N-dealkylation sites (N-methyl/N-ethyl adjacent to an activating group) is 1. The van der Waals surface area contributed by atoms with E-state index in [2.05, 4.69) is 34.5 Å². The van der Waals surface area contributed by atoms with Gasteiger partial charge in [0, 0.05) is 11.4 Å². The molecule has 126 valence electrons. The Morgan fingerprint density at radius 1 is 1.26 bits per heavy atom. The molecule has 0 unspecified atom stereocenters. The van der Waals surface area contributed by atoms with E-state index in [1.165, 1.54) is 11.8 Å². The molecule has 23 heavy (non-hydrogen) atoms. The fourth-order valence-corrected chi connectivity index (χ4v) is 4.17. The summed E-state index contributed by atoms with van der Waals surface area (Å²) in [7, 11) is -3.56. The molecule has 1 aliphatic rings. The van der Waals surface area contributed by atoms with Crippen LogP contribution < -0.4 is 4.72 Å². The molecule has 0 fully saturated rings. The van der Waals surface area contributed by atoms with Crippen LogP contribution in [0.15, 0.2) is 45.1 Å². The zero-order valence-electron chi connectivity index (χ0n) is 13.7. The topological polar surface area (TPSA) is 61.8 Å². The number of rotatable bonds is 6. The number of benzene rings is 1. The maximum atomic E-state index is 12.3. The number of hydrogen-bond donors (Lipinski definition) is 1. The summed E-state index contributed by atoms with van der Waals surface area (Å²) in [5.74, 6) is 0. The van der Waals surface area contributed by atoms with Crippen molar-refractivity contribution in [2.24, 2.45) is 4.99 Å². The molecule has 5 nitrogen and oxygen atoms in total. The zero-order chi connectivity index (χ0) is 16.9. The SMILES string of the molecule is CCN(CC)C/C=C1\CN=C(NS(=O)(=O)c2ccc(C)cc2)S1. The molecule has 0 spiro atoms. The van der Waals surface area contributed by atoms with Crippen molar-refractivity contribution >= 4 is 27.0 Å². The number of aryl methyl sites for hydroxylation is 1. The Hall–Kier alpha value is -1.31. The van der Waals surface area contributed by atoms with Gasteiger partial charge in [-0.3, -0.25) is 9.71 Å². The summed E-state index contributed by atoms with van der Waals surface area (Å²) < 4.78 is 27.2. The largest absolute Gasteiger partial charge is 0.300 e. The molecule has 1 aromatic rings. The summed E-state index contributed by atoms with van der Waals surface area (Å²) in [5, 5.41) is 0.441. The first-order valence-electron chi connectivity index (χ1n) is 7.67. The summed E-state index contributed by atoms with van der Waals surface area (Å²) in [4.78, 5) is 7.91. The van der Waals surface area contributed by atoms with E-state index in [-0.39, 0.29) is 4.90 Å². The normalized spacial score (nSPS) is 16.9. The van der Waals surface area contributed by atoms with Gasteiger partial charge in [0.05, 0.1) is 11.4 Å². The number of aliphatic imine (C=N–C) groups is 1. The van der Waals surface area contributed by atoms with Crippen molar-refractivity contribution in [2.75, 3.05) is 26.2 Å². The van der Waals surface area contributed by atoms with Crippen LogP contribution in [0.1, 0.15) is 19.4 Å². The Bertz CT molecular complexity index is 691. The minimum absolute atomic E-state index is 0.256. The fourth-order valence-electron chi connectivity index (χ4n) is 2.10. The average molecular weight is 354 g/mol. The molecular weight excluding hydrogens is 330 g/mol. The standard InChI is InChI=1S/C16H23N3O2S2/c1-4-19(5-2)11-10-14-12-17-16(22-14)18-23(20,21)15-8-6-13(3)7-9-15/h6-10H,4-5,11-12H2,1-3H3,(H,17,18)/b14-10+. The molecular formula is C16H23N3O2S2. The minimum Gasteiger partial charge on any atom is -0.300 e. The molecule has 1 aliphatic heterocycles. The molecule has 7 heteroatoms. The van der Waals surface area contributed by atoms with Crippen LogP contribution in [-0.2, 0) is 10.0 Å². The molecule has 0 aromatic heterocycles. The van der Waals surface area contributed by atoms with E-state index in [0.29, 0.717) is 11.7 Å². The van der Waals surface area contributed by atoms with Crippen molar-refractivity contribution in [1.29, 1.82) is 0 Å². The number of sulfonamides is 1. The van der Waals surface area contributed by atoms with E-state index in [1.807, 2.05) is 6.92 Å². The molecule has 2 rings (SSSR count). The van der Waals surface area contributed by atoms with Gasteiger partial charge in [0.25, 0.3) is 10.0 Å². The molecule has 0 radical (unpaired) electrons. The first kappa shape index (κ1) is 18.0. The highest BCUT2D eigenvalue weighted by Gasteiger charge is 2.20. The lowest BCUT2D eigenvalue weighted by molar-refractivity contribution is 0.337. The van der Waals surface area contributed by atoms with Crippen molar-refractivity contribution < 1.29 is 8.42 Å². The van der Waals surface area contributed by atoms with E-state index in [0.717, 1.165) is 30.1 Å². The van der Waals surface area contributed by atoms with Crippen molar-refractivity contribution in [2.45, 2.75) is 25.7 Å². The Kier molecular flexibility index (Phi) is 6.26. The first-order chi connectivity index (χ1) is 10.9. The van der Waals surface area contributed by atoms with Gasteiger partial charge in [-0.05, 0) is 32.1 Å². The highest BCUT2D eigenvalue weighted by molar-refractivity contribution is 8.18. The maximum Gasteiger partial charge on any atom is 0.263 e. The van der Waals surface area contributed by atoms with Crippen LogP contribution in [0.4, 0.5) is 0 Å². The van der Waals surface area contributed by atoms with E-state index >= 15 is 0 Å². The second-order valence-electron chi connectivity index (χ2n) is 5.30. The Balaban J connectivity index is 1.97. The zero-order valence-corrected chi connectivity index (χ0v) is 15.4. The van der Waals surface area contributed by atoms with Crippen LogP contribution in [0.25, 0.3) is 0 Å². The van der Waals surface area contributed by atoms with Gasteiger partial charge < -0.3 is 4.90 Å². The van der Waals surface area contributed by atoms with Gasteiger partial charge in [-0.2, -0.15) is 0 Å². The van der Waals surface area contributed by atoms with Gasteiger partial charge >= 0.3 is 0 Å². The van der Waals surface area contributed by atoms with Gasteiger partial charge in [0.2, 0.25) is 0 Å². The summed E-state index contributed by atoms with van der Waals surface area (Å²) in [6, 6.07) is 6.78. The Morgan fingerprint density at radius 3 is 2.52 bits per heavy atom. The smallest absolute Gasteiger partial charge is 0.263 e. The number of nitrogens with one attached hydrogen (secondary N) is 1. The molecule has 1 heterocycles. The van der Waals surface area contributed by atoms with E-state index < -0.39 is 10.0 Å². The lowest BCUT2D eigenvalue weighted by Gasteiger charge is -2.15. The quantitative estimate of drug-likeness (QED) is 0.854. The molecule has 0 atom stereocenters. The molecule has 1 aromatic carbocycles. The third-order valence-electron chi connectivity index (χ3n) is 3.63. The third kappa shape index (κ3) is 5.09. The third-order valence-corrected chi connectivity index (χ3v) is 6.10. The average Bonchev–Trinajstić information content (AvgIpc) is 2.95. The molecule has 0 saturated carbocycles. The van der Waals surface area contributed by atoms with E-state index in [4.69, 9.17) is 0 Å². The maximum absolute atomic E-state index is 12.3. The molecule has 0 amide bonds. The van der Waals surface area contributed by atoms with Crippen molar-refractivity contribution in [1.82, 2.24) is 9.62 Å². The number of thioether (sulfide) groups is 1. The van der Waals surface area contributed by atoms with Crippen LogP contribution in [0.3, 0.4) is 0 Å². The van der Waals surface area contributed by atoms with E-state index in [1.54, 1.807) is 24.3 Å². The Labute approximate surface area is 142 Å². The summed E-state index contributed by atoms with van der Waals surface area (Å²) in [6.45, 7) is 9.58. The van der Waals surface area contributed by atoms with Crippen molar-refractivity contribution in [3.05, 3.63) is 40.8 Å². The number of hydrogen-bond acceptors (Lipinski definition) is 5. The predicted octanol–water partition coefficient (Wildman–Crippen LogP) is 2.60. The lowest BCUT2D eigenvalue weighted by Crippen LogP contribution is -2.27. The van der Waals surface area contributed by atoms with E-state index in [9.17, 15) is 8.42 Å². The summed E-state index contributed by atoms with van der Waals surface area (Å²) in [6.07, 6.45) is 2.12. The molecule has 0 bridgehead atoms. The van der Waals surface area contributed by atoms with Crippen molar-refractivity contribution in [3.63, 3.8) is 0 Å². The summed E-state index contributed by atoms with van der Waals surface area (Å²) >= 11 is 1.39. The highest BCUT2D eigenvalue weighted by atomic mass is 32.2. The monoisotopic (exact) mass is 353 g/mol. The number of amidine groups is 1. The minimum atomic E-state index is -3.56.